The highest BCUT2D eigenvalue weighted by Gasteiger charge is 2.35. The van der Waals surface area contributed by atoms with Gasteiger partial charge in [0.05, 0.1) is 30.9 Å². The molecular weight excluding hydrogens is 384 g/mol. The van der Waals surface area contributed by atoms with Gasteiger partial charge in [-0.1, -0.05) is 12.1 Å². The summed E-state index contributed by atoms with van der Waals surface area (Å²) in [5, 5.41) is 26.7. The molecule has 0 radical (unpaired) electrons. The lowest BCUT2D eigenvalue weighted by Crippen LogP contribution is -2.20. The van der Waals surface area contributed by atoms with E-state index in [-0.39, 0.29) is 17.2 Å². The third-order valence-electron chi connectivity index (χ3n) is 4.92. The molecule has 4 N–H and O–H groups in total. The Morgan fingerprint density at radius 1 is 1.23 bits per heavy atom. The third kappa shape index (κ3) is 3.16. The Balaban J connectivity index is 1.89. The summed E-state index contributed by atoms with van der Waals surface area (Å²) in [7, 11) is 1.57. The predicted octanol–water partition coefficient (Wildman–Crippen LogP) is 3.41. The molecule has 1 aliphatic rings. The van der Waals surface area contributed by atoms with Crippen LogP contribution in [0.3, 0.4) is 0 Å². The van der Waals surface area contributed by atoms with Crippen molar-refractivity contribution < 1.29 is 19.3 Å². The number of benzene rings is 2. The van der Waals surface area contributed by atoms with Crippen LogP contribution in [-0.2, 0) is 0 Å². The second-order valence-corrected chi connectivity index (χ2v) is 6.63. The van der Waals surface area contributed by atoms with Crippen LogP contribution >= 0.6 is 0 Å². The second-order valence-electron chi connectivity index (χ2n) is 6.63. The summed E-state index contributed by atoms with van der Waals surface area (Å²) < 4.78 is 16.7. The van der Waals surface area contributed by atoms with Gasteiger partial charge in [-0.3, -0.25) is 5.10 Å². The molecule has 2 aromatic carbocycles. The maximum Gasteiger partial charge on any atom is 0.244 e. The lowest BCUT2D eigenvalue weighted by molar-refractivity contribution is 0.311. The van der Waals surface area contributed by atoms with Gasteiger partial charge in [0, 0.05) is 5.56 Å². The molecule has 1 atom stereocenters. The van der Waals surface area contributed by atoms with Crippen molar-refractivity contribution >= 4 is 0 Å². The zero-order valence-corrected chi connectivity index (χ0v) is 16.5. The number of aromatic hydroxyl groups is 1. The molecule has 0 unspecified atom stereocenters. The Labute approximate surface area is 173 Å². The largest absolute Gasteiger partial charge is 0.508 e. The number of fused-ring (bicyclic) bond motifs is 1. The number of ether oxygens (including phenoxy) is 3. The monoisotopic (exact) mass is 404 g/mol. The van der Waals surface area contributed by atoms with E-state index < -0.39 is 5.92 Å². The van der Waals surface area contributed by atoms with E-state index >= 15 is 0 Å². The molecule has 30 heavy (non-hydrogen) atoms. The SMILES string of the molecule is CCOc1ccc(-c2[nH]nc3c2[C@H](c2ccc(O)cc2)C(C#N)=C(N)O3)cc1OC. The number of allylic oxidation sites excluding steroid dienone is 1. The highest BCUT2D eigenvalue weighted by atomic mass is 16.5. The first-order valence-corrected chi connectivity index (χ1v) is 9.33. The van der Waals surface area contributed by atoms with Crippen molar-refractivity contribution in [1.82, 2.24) is 10.2 Å². The van der Waals surface area contributed by atoms with Crippen molar-refractivity contribution in [2.24, 2.45) is 5.73 Å². The van der Waals surface area contributed by atoms with Crippen LogP contribution in [0.5, 0.6) is 23.1 Å². The van der Waals surface area contributed by atoms with Crippen molar-refractivity contribution in [1.29, 1.82) is 5.26 Å². The lowest BCUT2D eigenvalue weighted by atomic mass is 9.83. The van der Waals surface area contributed by atoms with Gasteiger partial charge in [-0.05, 0) is 42.8 Å². The van der Waals surface area contributed by atoms with E-state index in [2.05, 4.69) is 16.3 Å². The minimum absolute atomic E-state index is 0.00500. The second kappa shape index (κ2) is 7.72. The summed E-state index contributed by atoms with van der Waals surface area (Å²) in [6.07, 6.45) is 0. The number of nitrogens with two attached hydrogens (primary N) is 1. The van der Waals surface area contributed by atoms with Crippen LogP contribution in [-0.4, -0.2) is 29.0 Å². The maximum absolute atomic E-state index is 9.77. The molecule has 0 amide bonds. The number of hydrogen-bond donors (Lipinski definition) is 3. The highest BCUT2D eigenvalue weighted by molar-refractivity contribution is 5.73. The molecule has 0 fully saturated rings. The fraction of sp³-hybridized carbons (Fsp3) is 0.182. The summed E-state index contributed by atoms with van der Waals surface area (Å²) in [4.78, 5) is 0. The van der Waals surface area contributed by atoms with Crippen molar-refractivity contribution in [3.8, 4) is 40.5 Å². The summed E-state index contributed by atoms with van der Waals surface area (Å²) in [5.74, 6) is 1.13. The minimum atomic E-state index is -0.509. The molecule has 8 heteroatoms. The van der Waals surface area contributed by atoms with Crippen LogP contribution in [0.25, 0.3) is 11.3 Å². The number of aromatic amines is 1. The fourth-order valence-corrected chi connectivity index (χ4v) is 3.56. The molecule has 2 heterocycles. The molecule has 152 valence electrons. The average Bonchev–Trinajstić information content (AvgIpc) is 3.17. The first-order valence-electron chi connectivity index (χ1n) is 9.33. The van der Waals surface area contributed by atoms with Gasteiger partial charge in [0.2, 0.25) is 11.8 Å². The Morgan fingerprint density at radius 2 is 2.00 bits per heavy atom. The number of rotatable bonds is 5. The molecule has 4 rings (SSSR count). The molecule has 3 aromatic rings. The predicted molar refractivity (Wildman–Crippen MR) is 109 cm³/mol. The summed E-state index contributed by atoms with van der Waals surface area (Å²) in [6, 6.07) is 14.3. The number of aromatic nitrogens is 2. The standard InChI is InChI=1S/C22H20N4O4/c1-3-29-16-9-6-13(10-17(16)28-2)20-19-18(12-4-7-14(27)8-5-12)15(11-23)21(24)30-22(19)26-25-20/h4-10,18,27H,3,24H2,1-2H3,(H,25,26)/t18-/m1/s1. The van der Waals surface area contributed by atoms with Crippen LogP contribution in [0, 0.1) is 11.3 Å². The summed E-state index contributed by atoms with van der Waals surface area (Å²) >= 11 is 0. The zero-order valence-electron chi connectivity index (χ0n) is 16.5. The van der Waals surface area contributed by atoms with Gasteiger partial charge in [0.25, 0.3) is 0 Å². The topological polar surface area (TPSA) is 126 Å². The van der Waals surface area contributed by atoms with Crippen molar-refractivity contribution in [2.45, 2.75) is 12.8 Å². The van der Waals surface area contributed by atoms with Crippen molar-refractivity contribution in [2.75, 3.05) is 13.7 Å². The number of nitriles is 1. The van der Waals surface area contributed by atoms with Gasteiger partial charge in [-0.25, -0.2) is 0 Å². The van der Waals surface area contributed by atoms with Crippen molar-refractivity contribution in [3.05, 3.63) is 65.0 Å². The molecule has 0 saturated heterocycles. The lowest BCUT2D eigenvalue weighted by Gasteiger charge is -2.24. The summed E-state index contributed by atoms with van der Waals surface area (Å²) in [5.41, 5.74) is 9.19. The number of nitrogens with zero attached hydrogens (tertiary/aromatic N) is 2. The number of methoxy groups -OCH3 is 1. The smallest absolute Gasteiger partial charge is 0.244 e. The zero-order chi connectivity index (χ0) is 21.3. The van der Waals surface area contributed by atoms with E-state index in [0.717, 1.165) is 11.1 Å². The Morgan fingerprint density at radius 3 is 2.67 bits per heavy atom. The first-order chi connectivity index (χ1) is 14.6. The van der Waals surface area contributed by atoms with E-state index in [4.69, 9.17) is 19.9 Å². The fourth-order valence-electron chi connectivity index (χ4n) is 3.56. The molecule has 1 aromatic heterocycles. The first kappa shape index (κ1) is 19.2. The normalized spacial score (nSPS) is 15.2. The van der Waals surface area contributed by atoms with Crippen LogP contribution in [0.2, 0.25) is 0 Å². The molecule has 1 aliphatic heterocycles. The third-order valence-corrected chi connectivity index (χ3v) is 4.92. The van der Waals surface area contributed by atoms with Gasteiger partial charge < -0.3 is 25.1 Å². The number of hydrogen-bond acceptors (Lipinski definition) is 7. The Hall–Kier alpha value is -4.12. The average molecular weight is 404 g/mol. The molecule has 0 aliphatic carbocycles. The summed E-state index contributed by atoms with van der Waals surface area (Å²) in [6.45, 7) is 2.42. The van der Waals surface area contributed by atoms with E-state index in [0.29, 0.717) is 35.2 Å². The van der Waals surface area contributed by atoms with Crippen molar-refractivity contribution in [3.63, 3.8) is 0 Å². The maximum atomic E-state index is 9.77. The molecular formula is C22H20N4O4. The molecule has 0 bridgehead atoms. The number of phenols is 1. The molecule has 0 saturated carbocycles. The van der Waals surface area contributed by atoms with E-state index in [1.165, 1.54) is 0 Å². The van der Waals surface area contributed by atoms with Crippen LogP contribution in [0.15, 0.2) is 53.9 Å². The van der Waals surface area contributed by atoms with E-state index in [1.807, 2.05) is 25.1 Å². The Kier molecular flexibility index (Phi) is 4.94. The number of nitrogens with one attached hydrogen (secondary N) is 1. The number of phenolic OH excluding ortho intramolecular Hbond substituents is 1. The van der Waals surface area contributed by atoms with E-state index in [9.17, 15) is 10.4 Å². The minimum Gasteiger partial charge on any atom is -0.508 e. The highest BCUT2D eigenvalue weighted by Crippen LogP contribution is 2.46. The van der Waals surface area contributed by atoms with Gasteiger partial charge in [0.1, 0.15) is 17.4 Å². The molecule has 8 nitrogen and oxygen atoms in total. The van der Waals surface area contributed by atoms with Crippen LogP contribution < -0.4 is 19.9 Å². The quantitative estimate of drug-likeness (QED) is 0.595. The Bertz CT molecular complexity index is 1160. The van der Waals surface area contributed by atoms with E-state index in [1.54, 1.807) is 31.4 Å². The van der Waals surface area contributed by atoms with Crippen LogP contribution in [0.1, 0.15) is 24.0 Å². The molecule has 0 spiro atoms. The van der Waals surface area contributed by atoms with Gasteiger partial charge in [0.15, 0.2) is 11.5 Å². The van der Waals surface area contributed by atoms with Gasteiger partial charge in [-0.15, -0.1) is 5.10 Å². The van der Waals surface area contributed by atoms with Gasteiger partial charge >= 0.3 is 0 Å². The number of H-pyrrole nitrogens is 1. The van der Waals surface area contributed by atoms with Gasteiger partial charge in [-0.2, -0.15) is 5.26 Å². The van der Waals surface area contributed by atoms with Crippen LogP contribution in [0.4, 0.5) is 0 Å².